The molecule has 0 aliphatic rings. The van der Waals surface area contributed by atoms with Crippen molar-refractivity contribution in [3.8, 4) is 0 Å². The average Bonchev–Trinajstić information content (AvgIpc) is 3.22. The van der Waals surface area contributed by atoms with Gasteiger partial charge in [0.05, 0.1) is 5.92 Å². The summed E-state index contributed by atoms with van der Waals surface area (Å²) in [6, 6.07) is 22.1. The SMILES string of the molecule is NCCCC(NC(=O)c1ccc(C(c2ccccc2)c2ccccc2)o1)C(=O)O. The minimum Gasteiger partial charge on any atom is -0.480 e. The maximum atomic E-state index is 12.5. The van der Waals surface area contributed by atoms with Gasteiger partial charge in [0.1, 0.15) is 11.8 Å². The van der Waals surface area contributed by atoms with E-state index in [4.69, 9.17) is 10.2 Å². The highest BCUT2D eigenvalue weighted by Gasteiger charge is 2.24. The Morgan fingerprint density at radius 1 is 0.931 bits per heavy atom. The number of carboxylic acids is 1. The van der Waals surface area contributed by atoms with Gasteiger partial charge in [-0.3, -0.25) is 4.79 Å². The van der Waals surface area contributed by atoms with Gasteiger partial charge in [-0.2, -0.15) is 0 Å². The first-order chi connectivity index (χ1) is 14.1. The van der Waals surface area contributed by atoms with Crippen molar-refractivity contribution in [2.45, 2.75) is 24.8 Å². The molecule has 0 saturated carbocycles. The highest BCUT2D eigenvalue weighted by Crippen LogP contribution is 2.32. The molecule has 4 N–H and O–H groups in total. The third-order valence-corrected chi connectivity index (χ3v) is 4.70. The number of hydrogen-bond donors (Lipinski definition) is 3. The van der Waals surface area contributed by atoms with E-state index in [9.17, 15) is 14.7 Å². The van der Waals surface area contributed by atoms with Gasteiger partial charge in [-0.15, -0.1) is 0 Å². The number of carboxylic acid groups (broad SMARTS) is 1. The fourth-order valence-electron chi connectivity index (χ4n) is 3.25. The van der Waals surface area contributed by atoms with Gasteiger partial charge in [-0.25, -0.2) is 4.79 Å². The molecular formula is C23H24N2O4. The summed E-state index contributed by atoms with van der Waals surface area (Å²) in [5.41, 5.74) is 7.51. The standard InChI is InChI=1S/C23H24N2O4/c24-15-7-12-18(23(27)28)25-22(26)20-14-13-19(29-20)21(16-8-3-1-4-9-16)17-10-5-2-6-11-17/h1-6,8-11,13-14,18,21H,7,12,15,24H2,(H,25,26)(H,27,28). The molecule has 1 unspecified atom stereocenters. The monoisotopic (exact) mass is 392 g/mol. The van der Waals surface area contributed by atoms with Crippen molar-refractivity contribution in [2.75, 3.05) is 6.54 Å². The topological polar surface area (TPSA) is 106 Å². The smallest absolute Gasteiger partial charge is 0.326 e. The van der Waals surface area contributed by atoms with Crippen molar-refractivity contribution in [3.05, 3.63) is 95.4 Å². The van der Waals surface area contributed by atoms with E-state index in [0.29, 0.717) is 18.7 Å². The molecule has 0 aliphatic heterocycles. The second-order valence-electron chi connectivity index (χ2n) is 6.75. The van der Waals surface area contributed by atoms with Crippen LogP contribution in [0.15, 0.2) is 77.2 Å². The number of carbonyl (C=O) groups excluding carboxylic acids is 1. The molecule has 0 fully saturated rings. The summed E-state index contributed by atoms with van der Waals surface area (Å²) < 4.78 is 5.87. The van der Waals surface area contributed by atoms with Crippen LogP contribution in [-0.4, -0.2) is 29.6 Å². The average molecular weight is 392 g/mol. The fraction of sp³-hybridized carbons (Fsp3) is 0.217. The lowest BCUT2D eigenvalue weighted by Gasteiger charge is -2.16. The van der Waals surface area contributed by atoms with E-state index in [-0.39, 0.29) is 18.1 Å². The van der Waals surface area contributed by atoms with Crippen LogP contribution >= 0.6 is 0 Å². The predicted molar refractivity (Wildman–Crippen MR) is 110 cm³/mol. The summed E-state index contributed by atoms with van der Waals surface area (Å²) in [5.74, 6) is -1.13. The minimum absolute atomic E-state index is 0.0795. The molecule has 2 aromatic carbocycles. The molecule has 6 heteroatoms. The molecule has 29 heavy (non-hydrogen) atoms. The largest absolute Gasteiger partial charge is 0.480 e. The van der Waals surface area contributed by atoms with E-state index in [0.717, 1.165) is 11.1 Å². The molecule has 1 amide bonds. The van der Waals surface area contributed by atoms with Crippen molar-refractivity contribution < 1.29 is 19.1 Å². The van der Waals surface area contributed by atoms with E-state index >= 15 is 0 Å². The maximum absolute atomic E-state index is 12.5. The number of hydrogen-bond acceptors (Lipinski definition) is 4. The van der Waals surface area contributed by atoms with E-state index in [1.165, 1.54) is 0 Å². The Balaban J connectivity index is 1.86. The summed E-state index contributed by atoms with van der Waals surface area (Å²) in [6.07, 6.45) is 0.770. The number of aliphatic carboxylic acids is 1. The van der Waals surface area contributed by atoms with E-state index < -0.39 is 17.9 Å². The molecule has 3 rings (SSSR count). The third-order valence-electron chi connectivity index (χ3n) is 4.70. The Morgan fingerprint density at radius 3 is 2.03 bits per heavy atom. The first-order valence-corrected chi connectivity index (χ1v) is 9.53. The quantitative estimate of drug-likeness (QED) is 0.518. The van der Waals surface area contributed by atoms with Crippen LogP contribution in [0.2, 0.25) is 0 Å². The Bertz CT molecular complexity index is 898. The van der Waals surface area contributed by atoms with Gasteiger partial charge in [0.15, 0.2) is 5.76 Å². The summed E-state index contributed by atoms with van der Waals surface area (Å²) in [7, 11) is 0. The first kappa shape index (κ1) is 20.4. The molecule has 0 bridgehead atoms. The molecule has 1 atom stereocenters. The molecule has 1 aromatic heterocycles. The van der Waals surface area contributed by atoms with Crippen molar-refractivity contribution >= 4 is 11.9 Å². The van der Waals surface area contributed by atoms with Gasteiger partial charge in [-0.05, 0) is 42.6 Å². The molecule has 6 nitrogen and oxygen atoms in total. The second-order valence-corrected chi connectivity index (χ2v) is 6.75. The van der Waals surface area contributed by atoms with Gasteiger partial charge in [-0.1, -0.05) is 60.7 Å². The number of rotatable bonds is 9. The number of carbonyl (C=O) groups is 2. The van der Waals surface area contributed by atoms with Crippen LogP contribution in [-0.2, 0) is 4.79 Å². The van der Waals surface area contributed by atoms with Crippen molar-refractivity contribution in [1.29, 1.82) is 0 Å². The third kappa shape index (κ3) is 5.12. The lowest BCUT2D eigenvalue weighted by molar-refractivity contribution is -0.139. The normalized spacial score (nSPS) is 11.9. The highest BCUT2D eigenvalue weighted by molar-refractivity contribution is 5.94. The number of amides is 1. The van der Waals surface area contributed by atoms with Crippen LogP contribution in [0.3, 0.4) is 0 Å². The number of benzene rings is 2. The fourth-order valence-corrected chi connectivity index (χ4v) is 3.25. The molecule has 0 radical (unpaired) electrons. The molecule has 0 spiro atoms. The van der Waals surface area contributed by atoms with Crippen LogP contribution in [0.25, 0.3) is 0 Å². The Labute approximate surface area is 169 Å². The second kappa shape index (κ2) is 9.71. The molecule has 0 saturated heterocycles. The maximum Gasteiger partial charge on any atom is 0.326 e. The molecule has 0 aliphatic carbocycles. The highest BCUT2D eigenvalue weighted by atomic mass is 16.4. The van der Waals surface area contributed by atoms with Gasteiger partial charge in [0, 0.05) is 0 Å². The number of nitrogens with one attached hydrogen (secondary N) is 1. The lowest BCUT2D eigenvalue weighted by Crippen LogP contribution is -2.40. The number of nitrogens with two attached hydrogens (primary N) is 1. The summed E-state index contributed by atoms with van der Waals surface area (Å²) in [6.45, 7) is 0.361. The molecule has 3 aromatic rings. The van der Waals surface area contributed by atoms with E-state index in [1.54, 1.807) is 12.1 Å². The zero-order valence-electron chi connectivity index (χ0n) is 16.0. The minimum atomic E-state index is -1.09. The van der Waals surface area contributed by atoms with Crippen LogP contribution in [0.4, 0.5) is 0 Å². The molecule has 150 valence electrons. The van der Waals surface area contributed by atoms with Crippen LogP contribution < -0.4 is 11.1 Å². The zero-order chi connectivity index (χ0) is 20.6. The summed E-state index contributed by atoms with van der Waals surface area (Å²) in [5, 5.41) is 11.8. The molecule has 1 heterocycles. The van der Waals surface area contributed by atoms with Crippen molar-refractivity contribution in [1.82, 2.24) is 5.32 Å². The predicted octanol–water partition coefficient (Wildman–Crippen LogP) is 3.38. The van der Waals surface area contributed by atoms with Crippen LogP contribution in [0, 0.1) is 0 Å². The van der Waals surface area contributed by atoms with Crippen molar-refractivity contribution in [2.24, 2.45) is 5.73 Å². The van der Waals surface area contributed by atoms with Gasteiger partial charge in [0.25, 0.3) is 5.91 Å². The summed E-state index contributed by atoms with van der Waals surface area (Å²) in [4.78, 5) is 23.9. The Kier molecular flexibility index (Phi) is 6.81. The van der Waals surface area contributed by atoms with Gasteiger partial charge in [0.2, 0.25) is 0 Å². The van der Waals surface area contributed by atoms with Gasteiger partial charge < -0.3 is 20.6 Å². The lowest BCUT2D eigenvalue weighted by atomic mass is 9.89. The number of furan rings is 1. The Hall–Kier alpha value is -3.38. The van der Waals surface area contributed by atoms with Crippen molar-refractivity contribution in [3.63, 3.8) is 0 Å². The molecular weight excluding hydrogens is 368 g/mol. The summed E-state index contributed by atoms with van der Waals surface area (Å²) >= 11 is 0. The Morgan fingerprint density at radius 2 is 1.52 bits per heavy atom. The zero-order valence-corrected chi connectivity index (χ0v) is 16.0. The van der Waals surface area contributed by atoms with E-state index in [2.05, 4.69) is 5.32 Å². The van der Waals surface area contributed by atoms with E-state index in [1.807, 2.05) is 60.7 Å². The van der Waals surface area contributed by atoms with Gasteiger partial charge >= 0.3 is 5.97 Å². The van der Waals surface area contributed by atoms with Crippen LogP contribution in [0.1, 0.15) is 46.2 Å². The van der Waals surface area contributed by atoms with Crippen LogP contribution in [0.5, 0.6) is 0 Å². The first-order valence-electron chi connectivity index (χ1n) is 9.53.